The molecule has 0 saturated carbocycles. The molecule has 0 aliphatic carbocycles. The highest BCUT2D eigenvalue weighted by Crippen LogP contribution is 2.34. The second-order valence-electron chi connectivity index (χ2n) is 3.41. The van der Waals surface area contributed by atoms with Crippen LogP contribution in [-0.2, 0) is 4.74 Å². The largest absolute Gasteiger partial charge is 0.493 e. The Bertz CT molecular complexity index is 488. The van der Waals surface area contributed by atoms with Crippen molar-refractivity contribution in [3.05, 3.63) is 27.8 Å². The summed E-state index contributed by atoms with van der Waals surface area (Å²) in [5, 5.41) is 10.9. The first-order chi connectivity index (χ1) is 9.04. The van der Waals surface area contributed by atoms with Gasteiger partial charge in [0, 0.05) is 12.6 Å². The van der Waals surface area contributed by atoms with E-state index in [-0.39, 0.29) is 30.2 Å². The van der Waals surface area contributed by atoms with Crippen molar-refractivity contribution in [3.63, 3.8) is 0 Å². The first-order valence-corrected chi connectivity index (χ1v) is 5.32. The first-order valence-electron chi connectivity index (χ1n) is 5.32. The van der Waals surface area contributed by atoms with Crippen LogP contribution in [0.4, 0.5) is 5.69 Å². The Labute approximate surface area is 109 Å². The molecule has 8 nitrogen and oxygen atoms in total. The van der Waals surface area contributed by atoms with Gasteiger partial charge in [0.1, 0.15) is 12.2 Å². The van der Waals surface area contributed by atoms with E-state index in [0.717, 1.165) is 13.2 Å². The van der Waals surface area contributed by atoms with Crippen molar-refractivity contribution >= 4 is 11.7 Å². The minimum atomic E-state index is -0.827. The highest BCUT2D eigenvalue weighted by Gasteiger charge is 2.25. The van der Waals surface area contributed by atoms with Crippen LogP contribution in [0.2, 0.25) is 0 Å². The van der Waals surface area contributed by atoms with E-state index in [9.17, 15) is 14.9 Å². The quantitative estimate of drug-likeness (QED) is 0.460. The summed E-state index contributed by atoms with van der Waals surface area (Å²) < 4.78 is 14.7. The summed E-state index contributed by atoms with van der Waals surface area (Å²) in [6, 6.07) is 2.32. The third kappa shape index (κ3) is 3.32. The number of benzene rings is 1. The van der Waals surface area contributed by atoms with Crippen molar-refractivity contribution in [3.8, 4) is 11.5 Å². The number of rotatable bonds is 6. The van der Waals surface area contributed by atoms with Crippen LogP contribution < -0.4 is 15.2 Å². The minimum absolute atomic E-state index is 0.146. The van der Waals surface area contributed by atoms with E-state index in [1.807, 2.05) is 0 Å². The average Bonchev–Trinajstić information content (AvgIpc) is 2.42. The average molecular weight is 270 g/mol. The third-order valence-corrected chi connectivity index (χ3v) is 2.26. The number of ether oxygens (including phenoxy) is 3. The van der Waals surface area contributed by atoms with Crippen LogP contribution in [-0.4, -0.2) is 38.3 Å². The lowest BCUT2D eigenvalue weighted by molar-refractivity contribution is -0.385. The van der Waals surface area contributed by atoms with Crippen molar-refractivity contribution in [2.75, 3.05) is 27.4 Å². The second kappa shape index (κ2) is 6.55. The maximum Gasteiger partial charge on any atom is 0.345 e. The highest BCUT2D eigenvalue weighted by molar-refractivity contribution is 5.94. The molecule has 1 aromatic carbocycles. The SMILES string of the molecule is COC(=O)c1cc(OCCN)c(OC)cc1[N+](=O)[O-]. The maximum absolute atomic E-state index is 11.5. The van der Waals surface area contributed by atoms with Crippen molar-refractivity contribution < 1.29 is 23.9 Å². The Hall–Kier alpha value is -2.35. The predicted molar refractivity (Wildman–Crippen MR) is 65.5 cm³/mol. The van der Waals surface area contributed by atoms with E-state index >= 15 is 0 Å². The van der Waals surface area contributed by atoms with Crippen LogP contribution in [0.3, 0.4) is 0 Å². The van der Waals surface area contributed by atoms with E-state index in [0.29, 0.717) is 0 Å². The van der Waals surface area contributed by atoms with E-state index in [4.69, 9.17) is 15.2 Å². The fraction of sp³-hybridized carbons (Fsp3) is 0.364. The Kier molecular flexibility index (Phi) is 5.07. The summed E-state index contributed by atoms with van der Waals surface area (Å²) in [6.07, 6.45) is 0. The van der Waals surface area contributed by atoms with Crippen LogP contribution in [0, 0.1) is 10.1 Å². The number of hydrogen-bond donors (Lipinski definition) is 1. The van der Waals surface area contributed by atoms with Crippen molar-refractivity contribution in [1.29, 1.82) is 0 Å². The molecule has 0 fully saturated rings. The minimum Gasteiger partial charge on any atom is -0.493 e. The van der Waals surface area contributed by atoms with Gasteiger partial charge in [0.25, 0.3) is 5.69 Å². The van der Waals surface area contributed by atoms with Crippen molar-refractivity contribution in [1.82, 2.24) is 0 Å². The number of nitro benzene ring substituents is 1. The van der Waals surface area contributed by atoms with Gasteiger partial charge < -0.3 is 19.9 Å². The molecule has 0 spiro atoms. The Balaban J connectivity index is 3.33. The zero-order chi connectivity index (χ0) is 14.4. The number of carbonyl (C=O) groups is 1. The molecule has 0 aliphatic rings. The lowest BCUT2D eigenvalue weighted by Crippen LogP contribution is -2.12. The number of esters is 1. The number of hydrogen-bond acceptors (Lipinski definition) is 7. The molecule has 0 aliphatic heterocycles. The van der Waals surface area contributed by atoms with Crippen LogP contribution in [0.1, 0.15) is 10.4 Å². The van der Waals surface area contributed by atoms with Gasteiger partial charge >= 0.3 is 5.97 Å². The highest BCUT2D eigenvalue weighted by atomic mass is 16.6. The molecular weight excluding hydrogens is 256 g/mol. The monoisotopic (exact) mass is 270 g/mol. The van der Waals surface area contributed by atoms with Gasteiger partial charge in [0.15, 0.2) is 11.5 Å². The fourth-order valence-corrected chi connectivity index (χ4v) is 1.41. The van der Waals surface area contributed by atoms with Crippen LogP contribution in [0.15, 0.2) is 12.1 Å². The van der Waals surface area contributed by atoms with Crippen LogP contribution in [0.25, 0.3) is 0 Å². The summed E-state index contributed by atoms with van der Waals surface area (Å²) in [4.78, 5) is 21.7. The summed E-state index contributed by atoms with van der Waals surface area (Å²) in [6.45, 7) is 0.447. The van der Waals surface area contributed by atoms with E-state index < -0.39 is 16.6 Å². The van der Waals surface area contributed by atoms with Crippen LogP contribution in [0.5, 0.6) is 11.5 Å². The van der Waals surface area contributed by atoms with Crippen molar-refractivity contribution in [2.45, 2.75) is 0 Å². The molecule has 0 saturated heterocycles. The molecule has 1 aromatic rings. The Morgan fingerprint density at radius 3 is 2.53 bits per heavy atom. The van der Waals surface area contributed by atoms with Gasteiger partial charge in [-0.2, -0.15) is 0 Å². The van der Waals surface area contributed by atoms with E-state index in [1.165, 1.54) is 13.2 Å². The summed E-state index contributed by atoms with van der Waals surface area (Å²) in [5.74, 6) is -0.487. The molecule has 0 atom stereocenters. The summed E-state index contributed by atoms with van der Waals surface area (Å²) in [5.41, 5.74) is 4.68. The van der Waals surface area contributed by atoms with Gasteiger partial charge in [0.05, 0.1) is 25.2 Å². The lowest BCUT2D eigenvalue weighted by Gasteiger charge is -2.11. The van der Waals surface area contributed by atoms with Gasteiger partial charge in [-0.15, -0.1) is 0 Å². The summed E-state index contributed by atoms with van der Waals surface area (Å²) >= 11 is 0. The fourth-order valence-electron chi connectivity index (χ4n) is 1.41. The number of nitro groups is 1. The molecule has 19 heavy (non-hydrogen) atoms. The molecule has 0 heterocycles. The topological polar surface area (TPSA) is 114 Å². The zero-order valence-corrected chi connectivity index (χ0v) is 10.5. The van der Waals surface area contributed by atoms with E-state index in [2.05, 4.69) is 4.74 Å². The molecule has 1 rings (SSSR count). The molecule has 2 N–H and O–H groups in total. The molecule has 0 aromatic heterocycles. The maximum atomic E-state index is 11.5. The normalized spacial score (nSPS) is 9.84. The molecule has 0 bridgehead atoms. The summed E-state index contributed by atoms with van der Waals surface area (Å²) in [7, 11) is 2.48. The Morgan fingerprint density at radius 1 is 1.37 bits per heavy atom. The van der Waals surface area contributed by atoms with Gasteiger partial charge in [0.2, 0.25) is 0 Å². The number of nitrogens with zero attached hydrogens (tertiary/aromatic N) is 1. The smallest absolute Gasteiger partial charge is 0.345 e. The first kappa shape index (κ1) is 14.7. The van der Waals surface area contributed by atoms with Crippen LogP contribution >= 0.6 is 0 Å². The van der Waals surface area contributed by atoms with Crippen molar-refractivity contribution in [2.24, 2.45) is 5.73 Å². The number of nitrogens with two attached hydrogens (primary N) is 1. The number of carbonyl (C=O) groups excluding carboxylic acids is 1. The molecule has 8 heteroatoms. The predicted octanol–water partition coefficient (Wildman–Crippen LogP) is 0.728. The number of methoxy groups -OCH3 is 2. The third-order valence-electron chi connectivity index (χ3n) is 2.26. The molecular formula is C11H14N2O6. The molecule has 0 radical (unpaired) electrons. The molecule has 0 unspecified atom stereocenters. The van der Waals surface area contributed by atoms with Gasteiger partial charge in [-0.1, -0.05) is 0 Å². The standard InChI is InChI=1S/C11H14N2O6/c1-17-9-6-8(13(15)16)7(11(14)18-2)5-10(9)19-4-3-12/h5-6H,3-4,12H2,1-2H3. The second-order valence-corrected chi connectivity index (χ2v) is 3.41. The Morgan fingerprint density at radius 2 is 2.05 bits per heavy atom. The van der Waals surface area contributed by atoms with Gasteiger partial charge in [-0.3, -0.25) is 10.1 Å². The molecule has 0 amide bonds. The van der Waals surface area contributed by atoms with E-state index in [1.54, 1.807) is 0 Å². The molecule has 104 valence electrons. The zero-order valence-electron chi connectivity index (χ0n) is 10.5. The lowest BCUT2D eigenvalue weighted by atomic mass is 10.1. The van der Waals surface area contributed by atoms with Gasteiger partial charge in [-0.05, 0) is 0 Å². The van der Waals surface area contributed by atoms with Gasteiger partial charge in [-0.25, -0.2) is 4.79 Å².